The van der Waals surface area contributed by atoms with E-state index in [2.05, 4.69) is 10.6 Å². The normalized spacial score (nSPS) is 22.4. The van der Waals surface area contributed by atoms with E-state index < -0.39 is 0 Å². The Balaban J connectivity index is 0.00000225. The molecule has 138 valence electrons. The lowest BCUT2D eigenvalue weighted by Gasteiger charge is -2.26. The minimum absolute atomic E-state index is 0. The maximum Gasteiger partial charge on any atom is 0.247 e. The standard InChI is InChI=1S/C18H25N3O3.ClH/c1-12-5-6-16(24-2)14(10-12)20-17(22)15-4-3-9-21(15)18(23)13-7-8-19-11-13;/h5-6,10,13,15,19H,3-4,7-9,11H2,1-2H3,(H,20,22);1H. The van der Waals surface area contributed by atoms with Crippen molar-refractivity contribution in [3.05, 3.63) is 23.8 Å². The van der Waals surface area contributed by atoms with E-state index in [1.54, 1.807) is 12.0 Å². The number of amides is 2. The highest BCUT2D eigenvalue weighted by Crippen LogP contribution is 2.28. The Morgan fingerprint density at radius 2 is 2.12 bits per heavy atom. The molecule has 0 spiro atoms. The van der Waals surface area contributed by atoms with Gasteiger partial charge in [-0.15, -0.1) is 12.4 Å². The first-order chi connectivity index (χ1) is 11.6. The number of aryl methyl sites for hydroxylation is 1. The molecule has 2 fully saturated rings. The number of carbonyl (C=O) groups is 2. The van der Waals surface area contributed by atoms with E-state index in [0.29, 0.717) is 24.4 Å². The largest absolute Gasteiger partial charge is 0.495 e. The summed E-state index contributed by atoms with van der Waals surface area (Å²) in [6.45, 7) is 4.23. The summed E-state index contributed by atoms with van der Waals surface area (Å²) >= 11 is 0. The molecule has 2 atom stereocenters. The quantitative estimate of drug-likeness (QED) is 0.853. The Labute approximate surface area is 154 Å². The second-order valence-electron chi connectivity index (χ2n) is 6.57. The zero-order valence-electron chi connectivity index (χ0n) is 14.7. The molecule has 2 amide bonds. The summed E-state index contributed by atoms with van der Waals surface area (Å²) in [7, 11) is 1.58. The van der Waals surface area contributed by atoms with Crippen LogP contribution in [0.2, 0.25) is 0 Å². The van der Waals surface area contributed by atoms with E-state index in [4.69, 9.17) is 4.74 Å². The van der Waals surface area contributed by atoms with Crippen LogP contribution in [0.15, 0.2) is 18.2 Å². The molecule has 2 N–H and O–H groups in total. The van der Waals surface area contributed by atoms with E-state index in [1.807, 2.05) is 25.1 Å². The molecule has 2 heterocycles. The molecule has 25 heavy (non-hydrogen) atoms. The number of likely N-dealkylation sites (tertiary alicyclic amines) is 1. The van der Waals surface area contributed by atoms with Gasteiger partial charge in [-0.25, -0.2) is 0 Å². The van der Waals surface area contributed by atoms with E-state index in [1.165, 1.54) is 0 Å². The molecular weight excluding hydrogens is 342 g/mol. The van der Waals surface area contributed by atoms with Crippen molar-refractivity contribution in [2.75, 3.05) is 32.1 Å². The summed E-state index contributed by atoms with van der Waals surface area (Å²) < 4.78 is 5.32. The van der Waals surface area contributed by atoms with Gasteiger partial charge in [-0.3, -0.25) is 9.59 Å². The third-order valence-electron chi connectivity index (χ3n) is 4.86. The van der Waals surface area contributed by atoms with Crippen LogP contribution in [0.3, 0.4) is 0 Å². The van der Waals surface area contributed by atoms with Gasteiger partial charge in [0.15, 0.2) is 0 Å². The van der Waals surface area contributed by atoms with Crippen molar-refractivity contribution in [2.45, 2.75) is 32.2 Å². The highest BCUT2D eigenvalue weighted by atomic mass is 35.5. The number of anilines is 1. The fourth-order valence-electron chi connectivity index (χ4n) is 3.54. The third kappa shape index (κ3) is 4.25. The van der Waals surface area contributed by atoms with E-state index in [9.17, 15) is 9.59 Å². The molecule has 6 nitrogen and oxygen atoms in total. The molecule has 3 rings (SSSR count). The van der Waals surface area contributed by atoms with E-state index >= 15 is 0 Å². The lowest BCUT2D eigenvalue weighted by atomic mass is 10.1. The lowest BCUT2D eigenvalue weighted by molar-refractivity contribution is -0.139. The molecule has 1 aromatic carbocycles. The van der Waals surface area contributed by atoms with Gasteiger partial charge >= 0.3 is 0 Å². The number of methoxy groups -OCH3 is 1. The van der Waals surface area contributed by atoms with Crippen molar-refractivity contribution in [1.82, 2.24) is 10.2 Å². The number of ether oxygens (including phenoxy) is 1. The zero-order chi connectivity index (χ0) is 17.1. The molecule has 0 bridgehead atoms. The molecule has 2 aliphatic heterocycles. The van der Waals surface area contributed by atoms with Gasteiger partial charge in [0.05, 0.1) is 18.7 Å². The van der Waals surface area contributed by atoms with Gasteiger partial charge in [-0.05, 0) is 50.4 Å². The van der Waals surface area contributed by atoms with Crippen molar-refractivity contribution in [3.63, 3.8) is 0 Å². The minimum atomic E-state index is -0.386. The Morgan fingerprint density at radius 1 is 1.32 bits per heavy atom. The molecular formula is C18H26ClN3O3. The predicted octanol–water partition coefficient (Wildman–Crippen LogP) is 1.96. The summed E-state index contributed by atoms with van der Waals surface area (Å²) in [6, 6.07) is 5.28. The number of hydrogen-bond donors (Lipinski definition) is 2. The molecule has 2 saturated heterocycles. The van der Waals surface area contributed by atoms with Crippen molar-refractivity contribution in [1.29, 1.82) is 0 Å². The second kappa shape index (κ2) is 8.54. The van der Waals surface area contributed by atoms with Gasteiger partial charge in [-0.2, -0.15) is 0 Å². The first-order valence-corrected chi connectivity index (χ1v) is 8.57. The average molecular weight is 368 g/mol. The maximum atomic E-state index is 12.7. The van der Waals surface area contributed by atoms with Gasteiger partial charge in [0, 0.05) is 13.1 Å². The number of nitrogens with one attached hydrogen (secondary N) is 2. The fourth-order valence-corrected chi connectivity index (χ4v) is 3.54. The van der Waals surface area contributed by atoms with Crippen LogP contribution < -0.4 is 15.4 Å². The number of benzene rings is 1. The van der Waals surface area contributed by atoms with E-state index in [0.717, 1.165) is 31.5 Å². The summed E-state index contributed by atoms with van der Waals surface area (Å²) in [5, 5.41) is 6.16. The Bertz CT molecular complexity index is 632. The van der Waals surface area contributed by atoms with E-state index in [-0.39, 0.29) is 36.2 Å². The van der Waals surface area contributed by atoms with Crippen LogP contribution in [0.1, 0.15) is 24.8 Å². The highest BCUT2D eigenvalue weighted by Gasteiger charge is 2.38. The Morgan fingerprint density at radius 3 is 2.80 bits per heavy atom. The number of rotatable bonds is 4. The lowest BCUT2D eigenvalue weighted by Crippen LogP contribution is -2.46. The van der Waals surface area contributed by atoms with Crippen LogP contribution in [0.25, 0.3) is 0 Å². The van der Waals surface area contributed by atoms with Crippen molar-refractivity contribution in [2.24, 2.45) is 5.92 Å². The van der Waals surface area contributed by atoms with Crippen LogP contribution >= 0.6 is 12.4 Å². The van der Waals surface area contributed by atoms with Gasteiger partial charge in [-0.1, -0.05) is 6.07 Å². The molecule has 2 unspecified atom stereocenters. The third-order valence-corrected chi connectivity index (χ3v) is 4.86. The highest BCUT2D eigenvalue weighted by molar-refractivity contribution is 5.98. The second-order valence-corrected chi connectivity index (χ2v) is 6.57. The van der Waals surface area contributed by atoms with Gasteiger partial charge < -0.3 is 20.3 Å². The number of hydrogen-bond acceptors (Lipinski definition) is 4. The summed E-state index contributed by atoms with van der Waals surface area (Å²) in [6.07, 6.45) is 2.44. The number of halogens is 1. The molecule has 7 heteroatoms. The van der Waals surface area contributed by atoms with Crippen molar-refractivity contribution < 1.29 is 14.3 Å². The first kappa shape index (κ1) is 19.5. The van der Waals surface area contributed by atoms with Crippen LogP contribution in [0, 0.1) is 12.8 Å². The molecule has 0 saturated carbocycles. The summed E-state index contributed by atoms with van der Waals surface area (Å²) in [5.41, 5.74) is 1.70. The van der Waals surface area contributed by atoms with Crippen LogP contribution in [-0.4, -0.2) is 49.5 Å². The topological polar surface area (TPSA) is 70.7 Å². The van der Waals surface area contributed by atoms with Crippen LogP contribution in [0.4, 0.5) is 5.69 Å². The molecule has 1 aromatic rings. The monoisotopic (exact) mass is 367 g/mol. The van der Waals surface area contributed by atoms with Crippen molar-refractivity contribution >= 4 is 29.9 Å². The van der Waals surface area contributed by atoms with Crippen molar-refractivity contribution in [3.8, 4) is 5.75 Å². The van der Waals surface area contributed by atoms with Crippen LogP contribution in [0.5, 0.6) is 5.75 Å². The Hall–Kier alpha value is -1.79. The summed E-state index contributed by atoms with van der Waals surface area (Å²) in [4.78, 5) is 27.2. The molecule has 0 aliphatic carbocycles. The van der Waals surface area contributed by atoms with Crippen LogP contribution in [-0.2, 0) is 9.59 Å². The Kier molecular flexibility index (Phi) is 6.67. The molecule has 0 aromatic heterocycles. The van der Waals surface area contributed by atoms with Gasteiger partial charge in [0.25, 0.3) is 0 Å². The minimum Gasteiger partial charge on any atom is -0.495 e. The average Bonchev–Trinajstić information content (AvgIpc) is 3.26. The SMILES string of the molecule is COc1ccc(C)cc1NC(=O)C1CCCN1C(=O)C1CCNC1.Cl. The van der Waals surface area contributed by atoms with Gasteiger partial charge in [0.1, 0.15) is 11.8 Å². The number of carbonyl (C=O) groups excluding carboxylic acids is 2. The predicted molar refractivity (Wildman–Crippen MR) is 99.3 cm³/mol. The molecule has 2 aliphatic rings. The molecule has 0 radical (unpaired) electrons. The smallest absolute Gasteiger partial charge is 0.247 e. The van der Waals surface area contributed by atoms with Gasteiger partial charge in [0.2, 0.25) is 11.8 Å². The maximum absolute atomic E-state index is 12.7. The number of nitrogens with zero attached hydrogens (tertiary/aromatic N) is 1. The summed E-state index contributed by atoms with van der Waals surface area (Å²) in [5.74, 6) is 0.612. The zero-order valence-corrected chi connectivity index (χ0v) is 15.5. The first-order valence-electron chi connectivity index (χ1n) is 8.57. The fraction of sp³-hybridized carbons (Fsp3) is 0.556.